The molecule has 1 aliphatic heterocycles. The topological polar surface area (TPSA) is 126 Å². The normalized spacial score (nSPS) is 26.4. The first kappa shape index (κ1) is 16.4. The Morgan fingerprint density at radius 3 is 2.84 bits per heavy atom. The maximum Gasteiger partial charge on any atom is 0.167 e. The molecule has 4 atom stereocenters. The quantitative estimate of drug-likeness (QED) is 0.503. The largest absolute Gasteiger partial charge is 0.394 e. The van der Waals surface area contributed by atoms with Crippen LogP contribution >= 0.6 is 11.3 Å². The van der Waals surface area contributed by atoms with Gasteiger partial charge in [-0.3, -0.25) is 4.57 Å². The molecule has 132 valence electrons. The molecular formula is C15H17N5O4S. The number of anilines is 1. The Kier molecular flexibility index (Phi) is 4.36. The first-order chi connectivity index (χ1) is 12.2. The van der Waals surface area contributed by atoms with Crippen molar-refractivity contribution in [2.24, 2.45) is 0 Å². The highest BCUT2D eigenvalue weighted by atomic mass is 32.1. The molecule has 0 bridgehead atoms. The van der Waals surface area contributed by atoms with Gasteiger partial charge in [0, 0.05) is 6.54 Å². The van der Waals surface area contributed by atoms with E-state index in [9.17, 15) is 15.3 Å². The molecule has 9 nitrogen and oxygen atoms in total. The van der Waals surface area contributed by atoms with Gasteiger partial charge in [-0.25, -0.2) is 15.0 Å². The third-order valence-corrected chi connectivity index (χ3v) is 4.92. The van der Waals surface area contributed by atoms with Crippen molar-refractivity contribution in [2.75, 3.05) is 11.9 Å². The predicted octanol–water partition coefficient (Wildman–Crippen LogP) is 0.111. The Bertz CT molecular complexity index is 855. The second-order valence-electron chi connectivity index (χ2n) is 5.76. The molecule has 1 fully saturated rings. The molecule has 25 heavy (non-hydrogen) atoms. The summed E-state index contributed by atoms with van der Waals surface area (Å²) in [6.45, 7) is 0.222. The fourth-order valence-corrected chi connectivity index (χ4v) is 3.52. The van der Waals surface area contributed by atoms with E-state index in [1.807, 2.05) is 16.8 Å². The molecule has 2 unspecified atom stereocenters. The molecule has 1 aliphatic rings. The number of imidazole rings is 1. The fourth-order valence-electron chi connectivity index (χ4n) is 2.86. The van der Waals surface area contributed by atoms with E-state index in [4.69, 9.17) is 4.74 Å². The number of thiophene rings is 1. The van der Waals surface area contributed by atoms with Gasteiger partial charge in [0.25, 0.3) is 0 Å². The van der Waals surface area contributed by atoms with Gasteiger partial charge in [-0.05, 0) is 22.4 Å². The van der Waals surface area contributed by atoms with Crippen LogP contribution in [0.4, 0.5) is 5.82 Å². The van der Waals surface area contributed by atoms with Crippen LogP contribution in [-0.4, -0.2) is 59.8 Å². The SMILES string of the molecule is OC[C@H]1O[C@@H](n2cnc3c(NCc4ccsc4)ncnc32)C(O)C1O. The van der Waals surface area contributed by atoms with E-state index in [0.29, 0.717) is 23.5 Å². The zero-order valence-corrected chi connectivity index (χ0v) is 13.9. The standard InChI is InChI=1S/C15H17N5O4S/c21-4-9-11(22)12(23)15(24-9)20-7-19-10-13(17-6-18-14(10)20)16-3-8-1-2-25-5-8/h1-2,5-7,9,11-12,15,21-23H,3-4H2,(H,16,17,18)/t9-,11?,12?,15-/m1/s1. The number of fused-ring (bicyclic) bond motifs is 1. The van der Waals surface area contributed by atoms with Crippen molar-refractivity contribution in [1.82, 2.24) is 19.5 Å². The minimum atomic E-state index is -1.19. The van der Waals surface area contributed by atoms with Crippen molar-refractivity contribution in [3.8, 4) is 0 Å². The third-order valence-electron chi connectivity index (χ3n) is 4.19. The first-order valence-electron chi connectivity index (χ1n) is 7.74. The molecule has 3 aromatic rings. The lowest BCUT2D eigenvalue weighted by molar-refractivity contribution is -0.0511. The molecule has 3 aromatic heterocycles. The molecule has 0 amide bonds. The summed E-state index contributed by atoms with van der Waals surface area (Å²) in [4.78, 5) is 12.8. The van der Waals surface area contributed by atoms with Crippen molar-refractivity contribution in [3.05, 3.63) is 35.0 Å². The van der Waals surface area contributed by atoms with Gasteiger partial charge in [0.2, 0.25) is 0 Å². The van der Waals surface area contributed by atoms with Crippen LogP contribution < -0.4 is 5.32 Å². The number of aromatic nitrogens is 4. The maximum atomic E-state index is 10.2. The van der Waals surface area contributed by atoms with E-state index in [1.165, 1.54) is 17.2 Å². The van der Waals surface area contributed by atoms with Crippen LogP contribution in [0.1, 0.15) is 11.8 Å². The number of nitrogens with one attached hydrogen (secondary N) is 1. The van der Waals surface area contributed by atoms with Crippen molar-refractivity contribution >= 4 is 28.3 Å². The van der Waals surface area contributed by atoms with E-state index in [0.717, 1.165) is 5.56 Å². The van der Waals surface area contributed by atoms with Crippen LogP contribution in [0.2, 0.25) is 0 Å². The van der Waals surface area contributed by atoms with Gasteiger partial charge in [-0.1, -0.05) is 0 Å². The average Bonchev–Trinajstić information content (AvgIpc) is 3.34. The highest BCUT2D eigenvalue weighted by Crippen LogP contribution is 2.32. The lowest BCUT2D eigenvalue weighted by atomic mass is 10.1. The van der Waals surface area contributed by atoms with E-state index in [-0.39, 0.29) is 6.61 Å². The molecule has 4 rings (SSSR count). The monoisotopic (exact) mass is 363 g/mol. The van der Waals surface area contributed by atoms with E-state index in [1.54, 1.807) is 11.3 Å². The number of rotatable bonds is 5. The Morgan fingerprint density at radius 1 is 1.24 bits per heavy atom. The van der Waals surface area contributed by atoms with Gasteiger partial charge in [-0.15, -0.1) is 0 Å². The lowest BCUT2D eigenvalue weighted by Crippen LogP contribution is -2.33. The van der Waals surface area contributed by atoms with Crippen molar-refractivity contribution in [1.29, 1.82) is 0 Å². The minimum absolute atomic E-state index is 0.385. The minimum Gasteiger partial charge on any atom is -0.394 e. The molecule has 4 N–H and O–H groups in total. The second-order valence-corrected chi connectivity index (χ2v) is 6.54. The summed E-state index contributed by atoms with van der Waals surface area (Å²) < 4.78 is 7.08. The van der Waals surface area contributed by atoms with E-state index in [2.05, 4.69) is 20.3 Å². The summed E-state index contributed by atoms with van der Waals surface area (Å²) in [5.74, 6) is 0.571. The van der Waals surface area contributed by atoms with E-state index < -0.39 is 24.5 Å². The number of aliphatic hydroxyl groups is 3. The van der Waals surface area contributed by atoms with Gasteiger partial charge in [-0.2, -0.15) is 11.3 Å². The van der Waals surface area contributed by atoms with Gasteiger partial charge in [0.05, 0.1) is 12.9 Å². The van der Waals surface area contributed by atoms with Crippen molar-refractivity contribution < 1.29 is 20.1 Å². The molecule has 0 aliphatic carbocycles. The van der Waals surface area contributed by atoms with Crippen LogP contribution in [0.25, 0.3) is 11.2 Å². The molecular weight excluding hydrogens is 346 g/mol. The lowest BCUT2D eigenvalue weighted by Gasteiger charge is -2.16. The van der Waals surface area contributed by atoms with Crippen LogP contribution in [0.15, 0.2) is 29.5 Å². The number of ether oxygens (including phenoxy) is 1. The molecule has 0 aromatic carbocycles. The van der Waals surface area contributed by atoms with Crippen molar-refractivity contribution in [3.63, 3.8) is 0 Å². The van der Waals surface area contributed by atoms with Gasteiger partial charge in [0.1, 0.15) is 24.6 Å². The molecule has 0 spiro atoms. The number of nitrogens with zero attached hydrogens (tertiary/aromatic N) is 4. The Balaban J connectivity index is 1.63. The predicted molar refractivity (Wildman–Crippen MR) is 90.0 cm³/mol. The van der Waals surface area contributed by atoms with E-state index >= 15 is 0 Å². The molecule has 0 saturated carbocycles. The molecule has 10 heteroatoms. The Morgan fingerprint density at radius 2 is 2.12 bits per heavy atom. The van der Waals surface area contributed by atoms with Crippen molar-refractivity contribution in [2.45, 2.75) is 31.1 Å². The van der Waals surface area contributed by atoms with Crippen LogP contribution in [0, 0.1) is 0 Å². The Hall–Kier alpha value is -2.11. The molecule has 1 saturated heterocycles. The van der Waals surface area contributed by atoms with Gasteiger partial charge >= 0.3 is 0 Å². The Labute approximate surface area is 146 Å². The summed E-state index contributed by atoms with van der Waals surface area (Å²) in [5.41, 5.74) is 2.15. The maximum absolute atomic E-state index is 10.2. The summed E-state index contributed by atoms with van der Waals surface area (Å²) >= 11 is 1.62. The van der Waals surface area contributed by atoms with Gasteiger partial charge < -0.3 is 25.4 Å². The number of hydrogen-bond acceptors (Lipinski definition) is 9. The van der Waals surface area contributed by atoms with Crippen LogP contribution in [0.5, 0.6) is 0 Å². The fraction of sp³-hybridized carbons (Fsp3) is 0.400. The zero-order valence-electron chi connectivity index (χ0n) is 13.1. The highest BCUT2D eigenvalue weighted by Gasteiger charge is 2.44. The van der Waals surface area contributed by atoms with Crippen LogP contribution in [0.3, 0.4) is 0 Å². The van der Waals surface area contributed by atoms with Crippen LogP contribution in [-0.2, 0) is 11.3 Å². The average molecular weight is 363 g/mol. The summed E-state index contributed by atoms with van der Waals surface area (Å²) in [6.07, 6.45) is -1.21. The number of hydrogen-bond donors (Lipinski definition) is 4. The highest BCUT2D eigenvalue weighted by molar-refractivity contribution is 7.07. The smallest absolute Gasteiger partial charge is 0.167 e. The molecule has 0 radical (unpaired) electrons. The third kappa shape index (κ3) is 2.87. The number of aliphatic hydroxyl groups excluding tert-OH is 3. The summed E-state index contributed by atoms with van der Waals surface area (Å²) in [5, 5.41) is 36.6. The first-order valence-corrected chi connectivity index (χ1v) is 8.68. The second kappa shape index (κ2) is 6.65. The van der Waals surface area contributed by atoms with Gasteiger partial charge in [0.15, 0.2) is 23.2 Å². The summed E-state index contributed by atoms with van der Waals surface area (Å²) in [7, 11) is 0. The molecule has 4 heterocycles. The summed E-state index contributed by atoms with van der Waals surface area (Å²) in [6, 6.07) is 2.02. The zero-order chi connectivity index (χ0) is 17.4.